The van der Waals surface area contributed by atoms with Gasteiger partial charge < -0.3 is 0 Å². The van der Waals surface area contributed by atoms with Gasteiger partial charge in [0.15, 0.2) is 11.0 Å². The van der Waals surface area contributed by atoms with Gasteiger partial charge in [0, 0.05) is 16.8 Å². The molecule has 0 unspecified atom stereocenters. The first kappa shape index (κ1) is 14.4. The van der Waals surface area contributed by atoms with Crippen molar-refractivity contribution >= 4 is 50.7 Å². The van der Waals surface area contributed by atoms with Gasteiger partial charge in [0.05, 0.1) is 16.0 Å². The zero-order chi connectivity index (χ0) is 15.5. The van der Waals surface area contributed by atoms with Crippen molar-refractivity contribution in [3.63, 3.8) is 0 Å². The number of rotatable bonds is 4. The highest BCUT2D eigenvalue weighted by atomic mass is 35.5. The molecular formula is C13H8ClN5O2S. The number of hydrogen-bond acceptors (Lipinski definition) is 7. The van der Waals surface area contributed by atoms with Crippen LogP contribution in [0.25, 0.3) is 10.8 Å². The van der Waals surface area contributed by atoms with E-state index >= 15 is 0 Å². The second-order valence-electron chi connectivity index (χ2n) is 4.19. The Hall–Kier alpha value is -2.58. The van der Waals surface area contributed by atoms with Gasteiger partial charge in [-0.3, -0.25) is 15.5 Å². The van der Waals surface area contributed by atoms with Gasteiger partial charge in [0.2, 0.25) is 0 Å². The van der Waals surface area contributed by atoms with Crippen molar-refractivity contribution in [2.24, 2.45) is 5.10 Å². The lowest BCUT2D eigenvalue weighted by Crippen LogP contribution is -1.97. The summed E-state index contributed by atoms with van der Waals surface area (Å²) in [6, 6.07) is 10.5. The van der Waals surface area contributed by atoms with E-state index in [1.54, 1.807) is 6.07 Å². The molecule has 1 N–H and O–H groups in total. The molecule has 110 valence electrons. The van der Waals surface area contributed by atoms with Gasteiger partial charge in [0.1, 0.15) is 0 Å². The molecule has 0 radical (unpaired) electrons. The fourth-order valence-electron chi connectivity index (χ4n) is 1.82. The summed E-state index contributed by atoms with van der Waals surface area (Å²) < 4.78 is 0. The second kappa shape index (κ2) is 6.04. The van der Waals surface area contributed by atoms with E-state index in [1.165, 1.54) is 12.3 Å². The highest BCUT2D eigenvalue weighted by Gasteiger charge is 2.08. The Labute approximate surface area is 133 Å². The molecule has 2 aromatic heterocycles. The Morgan fingerprint density at radius 1 is 1.23 bits per heavy atom. The number of halogens is 1. The Morgan fingerprint density at radius 3 is 2.73 bits per heavy atom. The third-order valence-corrected chi connectivity index (χ3v) is 4.05. The van der Waals surface area contributed by atoms with Crippen molar-refractivity contribution in [1.82, 2.24) is 10.2 Å². The molecule has 0 fully saturated rings. The lowest BCUT2D eigenvalue weighted by atomic mass is 10.2. The van der Waals surface area contributed by atoms with Crippen LogP contribution >= 0.6 is 22.9 Å². The Morgan fingerprint density at radius 2 is 2.00 bits per heavy atom. The van der Waals surface area contributed by atoms with Crippen LogP contribution in [0.3, 0.4) is 0 Å². The van der Waals surface area contributed by atoms with Gasteiger partial charge in [-0.05, 0) is 6.07 Å². The quantitative estimate of drug-likeness (QED) is 0.446. The maximum Gasteiger partial charge on any atom is 0.324 e. The maximum atomic E-state index is 10.6. The third-order valence-electron chi connectivity index (χ3n) is 2.80. The van der Waals surface area contributed by atoms with Crippen molar-refractivity contribution in [3.8, 4) is 0 Å². The van der Waals surface area contributed by atoms with E-state index < -0.39 is 4.92 Å². The Kier molecular flexibility index (Phi) is 3.94. The number of nitrogens with one attached hydrogen (secondary N) is 1. The van der Waals surface area contributed by atoms with Crippen LogP contribution in [-0.2, 0) is 0 Å². The molecule has 0 saturated carbocycles. The molecule has 0 aliphatic carbocycles. The molecular weight excluding hydrogens is 326 g/mol. The summed E-state index contributed by atoms with van der Waals surface area (Å²) in [5.74, 6) is 0.460. The van der Waals surface area contributed by atoms with Crippen molar-refractivity contribution in [2.75, 3.05) is 5.43 Å². The highest BCUT2D eigenvalue weighted by Crippen LogP contribution is 2.26. The van der Waals surface area contributed by atoms with Crippen molar-refractivity contribution in [1.29, 1.82) is 0 Å². The number of aromatic nitrogens is 2. The topological polar surface area (TPSA) is 93.3 Å². The van der Waals surface area contributed by atoms with Gasteiger partial charge >= 0.3 is 5.00 Å². The zero-order valence-corrected chi connectivity index (χ0v) is 12.5. The largest absolute Gasteiger partial charge is 0.324 e. The average molecular weight is 334 g/mol. The number of thiophene rings is 1. The summed E-state index contributed by atoms with van der Waals surface area (Å²) in [4.78, 5) is 10.8. The predicted molar refractivity (Wildman–Crippen MR) is 86.7 cm³/mol. The summed E-state index contributed by atoms with van der Waals surface area (Å²) >= 11 is 7.03. The van der Waals surface area contributed by atoms with Crippen LogP contribution in [0.5, 0.6) is 0 Å². The molecule has 2 heterocycles. The normalized spacial score (nSPS) is 11.1. The van der Waals surface area contributed by atoms with E-state index in [0.717, 1.165) is 22.1 Å². The van der Waals surface area contributed by atoms with Crippen LogP contribution in [-0.4, -0.2) is 21.3 Å². The van der Waals surface area contributed by atoms with Crippen LogP contribution in [0.15, 0.2) is 41.5 Å². The molecule has 9 heteroatoms. The van der Waals surface area contributed by atoms with Gasteiger partial charge in [-0.2, -0.15) is 5.10 Å². The van der Waals surface area contributed by atoms with E-state index in [2.05, 4.69) is 20.7 Å². The summed E-state index contributed by atoms with van der Waals surface area (Å²) in [6.07, 6.45) is 1.49. The lowest BCUT2D eigenvalue weighted by molar-refractivity contribution is -0.380. The first-order valence-corrected chi connectivity index (χ1v) is 7.29. The van der Waals surface area contributed by atoms with Gasteiger partial charge in [0.25, 0.3) is 0 Å². The summed E-state index contributed by atoms with van der Waals surface area (Å²) in [7, 11) is 0. The molecule has 7 nitrogen and oxygen atoms in total. The van der Waals surface area contributed by atoms with Gasteiger partial charge in [-0.25, -0.2) is 0 Å². The number of anilines is 1. The van der Waals surface area contributed by atoms with Crippen molar-refractivity contribution in [2.45, 2.75) is 0 Å². The first-order valence-electron chi connectivity index (χ1n) is 6.09. The summed E-state index contributed by atoms with van der Waals surface area (Å²) in [5, 5.41) is 24.4. The summed E-state index contributed by atoms with van der Waals surface area (Å²) in [5.41, 5.74) is 2.78. The molecule has 0 atom stereocenters. The Balaban J connectivity index is 1.83. The molecule has 1 aromatic carbocycles. The molecule has 0 saturated heterocycles. The van der Waals surface area contributed by atoms with Gasteiger partial charge in [-0.1, -0.05) is 47.2 Å². The fourth-order valence-corrected chi connectivity index (χ4v) is 2.72. The minimum absolute atomic E-state index is 0.0678. The number of hydrazone groups is 1. The van der Waals surface area contributed by atoms with Crippen molar-refractivity contribution in [3.05, 3.63) is 56.5 Å². The highest BCUT2D eigenvalue weighted by molar-refractivity contribution is 7.16. The van der Waals surface area contributed by atoms with Crippen molar-refractivity contribution < 1.29 is 4.92 Å². The minimum atomic E-state index is -0.437. The van der Waals surface area contributed by atoms with Crippen LogP contribution in [0.4, 0.5) is 10.8 Å². The number of fused-ring (bicyclic) bond motifs is 1. The van der Waals surface area contributed by atoms with Crippen LogP contribution in [0.2, 0.25) is 5.15 Å². The zero-order valence-electron chi connectivity index (χ0n) is 10.9. The molecule has 0 aliphatic heterocycles. The van der Waals surface area contributed by atoms with E-state index in [0.29, 0.717) is 15.8 Å². The fraction of sp³-hybridized carbons (Fsp3) is 0. The van der Waals surface area contributed by atoms with E-state index in [4.69, 9.17) is 11.6 Å². The molecule has 0 bridgehead atoms. The maximum absolute atomic E-state index is 10.6. The van der Waals surface area contributed by atoms with E-state index in [1.807, 2.05) is 24.3 Å². The first-order chi connectivity index (χ1) is 10.6. The SMILES string of the molecule is O=[N+]([O-])c1ccc(/C=N/Nc2nnc(Cl)c3ccccc23)s1. The molecule has 0 amide bonds. The minimum Gasteiger partial charge on any atom is -0.259 e. The molecule has 0 aliphatic rings. The second-order valence-corrected chi connectivity index (χ2v) is 5.64. The summed E-state index contributed by atoms with van der Waals surface area (Å²) in [6.45, 7) is 0. The monoisotopic (exact) mass is 333 g/mol. The van der Waals surface area contributed by atoms with Crippen LogP contribution in [0, 0.1) is 10.1 Å². The smallest absolute Gasteiger partial charge is 0.259 e. The average Bonchev–Trinajstić information content (AvgIpc) is 2.99. The van der Waals surface area contributed by atoms with Crippen LogP contribution in [0.1, 0.15) is 4.88 Å². The van der Waals surface area contributed by atoms with E-state index in [9.17, 15) is 10.1 Å². The molecule has 0 spiro atoms. The predicted octanol–water partition coefficient (Wildman–Crippen LogP) is 3.70. The number of nitrogens with zero attached hydrogens (tertiary/aromatic N) is 4. The van der Waals surface area contributed by atoms with Crippen LogP contribution < -0.4 is 5.43 Å². The molecule has 22 heavy (non-hydrogen) atoms. The van der Waals surface area contributed by atoms with Gasteiger partial charge in [-0.15, -0.1) is 10.2 Å². The Bertz CT molecular complexity index is 880. The molecule has 3 aromatic rings. The number of nitro groups is 1. The molecule has 3 rings (SSSR count). The number of hydrogen-bond donors (Lipinski definition) is 1. The van der Waals surface area contributed by atoms with E-state index in [-0.39, 0.29) is 5.00 Å². The standard InChI is InChI=1S/C13H8ClN5O2S/c14-12-9-3-1-2-4-10(9)13(18-16-12)17-15-7-8-5-6-11(22-8)19(20)21/h1-7H,(H,17,18)/b15-7+. The lowest BCUT2D eigenvalue weighted by Gasteiger charge is -2.04. The number of benzene rings is 1. The third kappa shape index (κ3) is 2.87.